The summed E-state index contributed by atoms with van der Waals surface area (Å²) < 4.78 is 0. The number of rotatable bonds is 3. The van der Waals surface area contributed by atoms with E-state index in [0.717, 1.165) is 39.0 Å². The second kappa shape index (κ2) is 6.37. The van der Waals surface area contributed by atoms with Gasteiger partial charge in [-0.1, -0.05) is 0 Å². The number of nitrogens with one attached hydrogen (secondary N) is 1. The lowest BCUT2D eigenvalue weighted by Crippen LogP contribution is -2.47. The highest BCUT2D eigenvalue weighted by molar-refractivity contribution is 5.78. The zero-order valence-electron chi connectivity index (χ0n) is 12.0. The van der Waals surface area contributed by atoms with E-state index in [0.29, 0.717) is 18.9 Å². The van der Waals surface area contributed by atoms with Gasteiger partial charge in [-0.2, -0.15) is 0 Å². The standard InChI is InChI=1S/C14H25N3O2/c1-11(2)17-9-12(4-5-14(17)19)8-16-7-3-6-15-13(18)10-16/h11-12H,3-10H2,1-2H3,(H,15,18). The average Bonchev–Trinajstić information content (AvgIpc) is 2.56. The Kier molecular flexibility index (Phi) is 4.80. The fraction of sp³-hybridized carbons (Fsp3) is 0.857. The maximum atomic E-state index is 11.8. The Morgan fingerprint density at radius 2 is 2.16 bits per heavy atom. The van der Waals surface area contributed by atoms with Crippen molar-refractivity contribution in [3.8, 4) is 0 Å². The molecule has 5 nitrogen and oxygen atoms in total. The fourth-order valence-electron chi connectivity index (χ4n) is 2.98. The third-order valence-electron chi connectivity index (χ3n) is 4.02. The highest BCUT2D eigenvalue weighted by atomic mass is 16.2. The van der Waals surface area contributed by atoms with Crippen LogP contribution in [-0.4, -0.2) is 60.4 Å². The summed E-state index contributed by atoms with van der Waals surface area (Å²) >= 11 is 0. The first-order valence-electron chi connectivity index (χ1n) is 7.35. The lowest BCUT2D eigenvalue weighted by atomic mass is 9.95. The van der Waals surface area contributed by atoms with E-state index in [4.69, 9.17) is 0 Å². The summed E-state index contributed by atoms with van der Waals surface area (Å²) in [4.78, 5) is 27.6. The predicted octanol–water partition coefficient (Wildman–Crippen LogP) is 0.455. The number of likely N-dealkylation sites (tertiary alicyclic amines) is 1. The molecule has 0 aromatic heterocycles. The van der Waals surface area contributed by atoms with E-state index in [1.54, 1.807) is 0 Å². The number of nitrogens with zero attached hydrogens (tertiary/aromatic N) is 2. The largest absolute Gasteiger partial charge is 0.355 e. The van der Waals surface area contributed by atoms with Crippen LogP contribution in [0, 0.1) is 5.92 Å². The van der Waals surface area contributed by atoms with Gasteiger partial charge in [0.05, 0.1) is 6.54 Å². The molecule has 0 aromatic carbocycles. The summed E-state index contributed by atoms with van der Waals surface area (Å²) in [5.41, 5.74) is 0. The van der Waals surface area contributed by atoms with Crippen LogP contribution in [0.4, 0.5) is 0 Å². The Hall–Kier alpha value is -1.10. The number of amides is 2. The minimum atomic E-state index is 0.130. The summed E-state index contributed by atoms with van der Waals surface area (Å²) in [5.74, 6) is 0.913. The Morgan fingerprint density at radius 3 is 2.89 bits per heavy atom. The van der Waals surface area contributed by atoms with Gasteiger partial charge in [0.25, 0.3) is 0 Å². The highest BCUT2D eigenvalue weighted by Gasteiger charge is 2.29. The molecule has 1 atom stereocenters. The Balaban J connectivity index is 1.88. The molecule has 2 heterocycles. The van der Waals surface area contributed by atoms with Crippen molar-refractivity contribution in [2.75, 3.05) is 32.7 Å². The van der Waals surface area contributed by atoms with Crippen molar-refractivity contribution in [1.82, 2.24) is 15.1 Å². The SMILES string of the molecule is CC(C)N1CC(CN2CCCNC(=O)C2)CCC1=O. The zero-order valence-corrected chi connectivity index (χ0v) is 12.0. The summed E-state index contributed by atoms with van der Waals surface area (Å²) in [6.07, 6.45) is 2.63. The second-order valence-electron chi connectivity index (χ2n) is 5.98. The van der Waals surface area contributed by atoms with Crippen molar-refractivity contribution >= 4 is 11.8 Å². The Bertz CT molecular complexity index is 344. The number of piperidine rings is 1. The molecule has 0 saturated carbocycles. The van der Waals surface area contributed by atoms with Crippen molar-refractivity contribution in [1.29, 1.82) is 0 Å². The molecule has 2 aliphatic heterocycles. The van der Waals surface area contributed by atoms with E-state index in [2.05, 4.69) is 24.1 Å². The molecule has 0 radical (unpaired) electrons. The zero-order chi connectivity index (χ0) is 13.8. The lowest BCUT2D eigenvalue weighted by Gasteiger charge is -2.37. The summed E-state index contributed by atoms with van der Waals surface area (Å²) in [6.45, 7) is 8.19. The van der Waals surface area contributed by atoms with Gasteiger partial charge in [0, 0.05) is 38.6 Å². The fourth-order valence-corrected chi connectivity index (χ4v) is 2.98. The second-order valence-corrected chi connectivity index (χ2v) is 5.98. The van der Waals surface area contributed by atoms with Gasteiger partial charge in [0.1, 0.15) is 0 Å². The van der Waals surface area contributed by atoms with E-state index >= 15 is 0 Å². The van der Waals surface area contributed by atoms with Crippen LogP contribution in [0.3, 0.4) is 0 Å². The van der Waals surface area contributed by atoms with E-state index in [9.17, 15) is 9.59 Å². The summed E-state index contributed by atoms with van der Waals surface area (Å²) in [7, 11) is 0. The number of carbonyl (C=O) groups excluding carboxylic acids is 2. The summed E-state index contributed by atoms with van der Waals surface area (Å²) in [6, 6.07) is 0.280. The lowest BCUT2D eigenvalue weighted by molar-refractivity contribution is -0.137. The van der Waals surface area contributed by atoms with E-state index in [1.165, 1.54) is 0 Å². The number of hydrogen-bond donors (Lipinski definition) is 1. The van der Waals surface area contributed by atoms with Gasteiger partial charge in [0.15, 0.2) is 0 Å². The molecular formula is C14H25N3O2. The minimum absolute atomic E-state index is 0.130. The topological polar surface area (TPSA) is 52.6 Å². The molecule has 0 spiro atoms. The first-order valence-corrected chi connectivity index (χ1v) is 7.35. The van der Waals surface area contributed by atoms with Crippen LogP contribution in [0.5, 0.6) is 0 Å². The maximum Gasteiger partial charge on any atom is 0.234 e. The van der Waals surface area contributed by atoms with E-state index < -0.39 is 0 Å². The first-order chi connectivity index (χ1) is 9.06. The number of carbonyl (C=O) groups is 2. The van der Waals surface area contributed by atoms with Crippen LogP contribution >= 0.6 is 0 Å². The molecule has 1 unspecified atom stereocenters. The van der Waals surface area contributed by atoms with Gasteiger partial charge >= 0.3 is 0 Å². The van der Waals surface area contributed by atoms with Gasteiger partial charge in [-0.3, -0.25) is 14.5 Å². The molecule has 0 aliphatic carbocycles. The monoisotopic (exact) mass is 267 g/mol. The van der Waals surface area contributed by atoms with Crippen molar-refractivity contribution in [2.45, 2.75) is 39.2 Å². The Morgan fingerprint density at radius 1 is 1.37 bits per heavy atom. The molecule has 1 N–H and O–H groups in total. The van der Waals surface area contributed by atoms with Gasteiger partial charge in [0.2, 0.25) is 11.8 Å². The van der Waals surface area contributed by atoms with Crippen LogP contribution < -0.4 is 5.32 Å². The third kappa shape index (κ3) is 3.93. The molecule has 19 heavy (non-hydrogen) atoms. The minimum Gasteiger partial charge on any atom is -0.355 e. The van der Waals surface area contributed by atoms with Crippen LogP contribution in [0.15, 0.2) is 0 Å². The van der Waals surface area contributed by atoms with Crippen LogP contribution in [0.1, 0.15) is 33.1 Å². The quantitative estimate of drug-likeness (QED) is 0.808. The number of hydrogen-bond acceptors (Lipinski definition) is 3. The predicted molar refractivity (Wildman–Crippen MR) is 73.6 cm³/mol. The van der Waals surface area contributed by atoms with Crippen molar-refractivity contribution in [3.05, 3.63) is 0 Å². The third-order valence-corrected chi connectivity index (χ3v) is 4.02. The Labute approximate surface area is 115 Å². The maximum absolute atomic E-state index is 11.8. The smallest absolute Gasteiger partial charge is 0.234 e. The van der Waals surface area contributed by atoms with Crippen molar-refractivity contribution < 1.29 is 9.59 Å². The van der Waals surface area contributed by atoms with Crippen LogP contribution in [0.2, 0.25) is 0 Å². The molecule has 2 saturated heterocycles. The highest BCUT2D eigenvalue weighted by Crippen LogP contribution is 2.20. The molecule has 108 valence electrons. The molecule has 5 heteroatoms. The van der Waals surface area contributed by atoms with Crippen LogP contribution in [-0.2, 0) is 9.59 Å². The normalized spacial score (nSPS) is 26.5. The van der Waals surface area contributed by atoms with Gasteiger partial charge in [-0.05, 0) is 32.6 Å². The van der Waals surface area contributed by atoms with E-state index in [1.807, 2.05) is 4.90 Å². The van der Waals surface area contributed by atoms with Crippen molar-refractivity contribution in [2.24, 2.45) is 5.92 Å². The van der Waals surface area contributed by atoms with E-state index in [-0.39, 0.29) is 17.9 Å². The van der Waals surface area contributed by atoms with Gasteiger partial charge in [-0.25, -0.2) is 0 Å². The molecule has 2 aliphatic rings. The molecule has 0 aromatic rings. The van der Waals surface area contributed by atoms with Gasteiger partial charge < -0.3 is 10.2 Å². The van der Waals surface area contributed by atoms with Crippen molar-refractivity contribution in [3.63, 3.8) is 0 Å². The van der Waals surface area contributed by atoms with Gasteiger partial charge in [-0.15, -0.1) is 0 Å². The first kappa shape index (κ1) is 14.3. The summed E-state index contributed by atoms with van der Waals surface area (Å²) in [5, 5.41) is 2.90. The molecule has 2 amide bonds. The molecular weight excluding hydrogens is 242 g/mol. The molecule has 2 fully saturated rings. The molecule has 0 bridgehead atoms. The van der Waals surface area contributed by atoms with Crippen LogP contribution in [0.25, 0.3) is 0 Å². The molecule has 2 rings (SSSR count). The average molecular weight is 267 g/mol.